The Morgan fingerprint density at radius 1 is 0.875 bits per heavy atom. The first-order valence-electron chi connectivity index (χ1n) is 12.2. The second-order valence-electron chi connectivity index (χ2n) is 8.87. The highest BCUT2D eigenvalue weighted by Gasteiger charge is 2.24. The minimum atomic E-state index is 0.632. The van der Waals surface area contributed by atoms with E-state index in [1.165, 1.54) is 53.5 Å². The van der Waals surface area contributed by atoms with Gasteiger partial charge in [0.05, 0.1) is 12.8 Å². The van der Waals surface area contributed by atoms with Crippen molar-refractivity contribution in [3.05, 3.63) is 83.0 Å². The number of methoxy groups -OCH3 is 1. The van der Waals surface area contributed by atoms with E-state index in [1.54, 1.807) is 7.11 Å². The third-order valence-corrected chi connectivity index (χ3v) is 6.86. The molecular weight excluding hydrogens is 392 g/mol. The summed E-state index contributed by atoms with van der Waals surface area (Å²) in [7, 11) is 1.78. The van der Waals surface area contributed by atoms with Gasteiger partial charge in [0, 0.05) is 42.5 Å². The fourth-order valence-electron chi connectivity index (χ4n) is 5.10. The molecule has 1 fully saturated rings. The van der Waals surface area contributed by atoms with Gasteiger partial charge in [-0.1, -0.05) is 75.2 Å². The minimum Gasteiger partial charge on any atom is -0.496 e. The molecule has 32 heavy (non-hydrogen) atoms. The summed E-state index contributed by atoms with van der Waals surface area (Å²) in [5.74, 6) is 0.944. The molecule has 3 heteroatoms. The molecule has 0 spiro atoms. The Morgan fingerprint density at radius 2 is 1.56 bits per heavy atom. The van der Waals surface area contributed by atoms with Crippen molar-refractivity contribution in [3.63, 3.8) is 0 Å². The highest BCUT2D eigenvalue weighted by Crippen LogP contribution is 2.33. The first-order chi connectivity index (χ1) is 15.7. The molecule has 0 aliphatic heterocycles. The highest BCUT2D eigenvalue weighted by atomic mass is 16.5. The van der Waals surface area contributed by atoms with Crippen LogP contribution in [0.4, 0.5) is 0 Å². The molecule has 0 atom stereocenters. The number of ether oxygens (including phenoxy) is 1. The van der Waals surface area contributed by atoms with Gasteiger partial charge < -0.3 is 4.74 Å². The van der Waals surface area contributed by atoms with E-state index in [0.29, 0.717) is 6.04 Å². The number of hydrogen-bond donors (Lipinski definition) is 0. The van der Waals surface area contributed by atoms with Crippen molar-refractivity contribution in [2.45, 2.75) is 71.5 Å². The van der Waals surface area contributed by atoms with Gasteiger partial charge >= 0.3 is 0 Å². The van der Waals surface area contributed by atoms with Crippen molar-refractivity contribution < 1.29 is 4.74 Å². The highest BCUT2D eigenvalue weighted by molar-refractivity contribution is 5.69. The van der Waals surface area contributed by atoms with Crippen LogP contribution in [0.5, 0.6) is 5.75 Å². The number of aryl methyl sites for hydroxylation is 2. The Morgan fingerprint density at radius 3 is 2.19 bits per heavy atom. The summed E-state index contributed by atoms with van der Waals surface area (Å²) in [6, 6.07) is 20.2. The maximum atomic E-state index is 5.90. The van der Waals surface area contributed by atoms with Gasteiger partial charge in [-0.2, -0.15) is 0 Å². The first-order valence-corrected chi connectivity index (χ1v) is 12.2. The Kier molecular flexibility index (Phi) is 7.59. The Balaban J connectivity index is 1.65. The van der Waals surface area contributed by atoms with Gasteiger partial charge in [-0.3, -0.25) is 9.88 Å². The van der Waals surface area contributed by atoms with Crippen LogP contribution in [0.2, 0.25) is 0 Å². The third-order valence-electron chi connectivity index (χ3n) is 6.86. The molecule has 0 amide bonds. The average molecular weight is 429 g/mol. The number of aromatic nitrogens is 1. The zero-order chi connectivity index (χ0) is 22.3. The summed E-state index contributed by atoms with van der Waals surface area (Å²) in [5, 5.41) is 0. The molecule has 0 saturated heterocycles. The molecule has 3 aromatic rings. The average Bonchev–Trinajstić information content (AvgIpc) is 3.39. The van der Waals surface area contributed by atoms with Crippen LogP contribution in [0.3, 0.4) is 0 Å². The molecular formula is C29H36N2O. The molecule has 1 heterocycles. The Bertz CT molecular complexity index is 987. The van der Waals surface area contributed by atoms with Crippen LogP contribution in [0.1, 0.15) is 61.8 Å². The summed E-state index contributed by atoms with van der Waals surface area (Å²) in [6.07, 6.45) is 9.28. The van der Waals surface area contributed by atoms with Crippen LogP contribution in [-0.4, -0.2) is 23.0 Å². The number of rotatable bonds is 9. The lowest BCUT2D eigenvalue weighted by Crippen LogP contribution is -2.32. The molecule has 0 radical (unpaired) electrons. The Labute approximate surface area is 193 Å². The van der Waals surface area contributed by atoms with Gasteiger partial charge in [0.1, 0.15) is 5.75 Å². The topological polar surface area (TPSA) is 25.4 Å². The van der Waals surface area contributed by atoms with Crippen LogP contribution in [0.15, 0.2) is 60.8 Å². The summed E-state index contributed by atoms with van der Waals surface area (Å²) in [6.45, 7) is 6.26. The second-order valence-corrected chi connectivity index (χ2v) is 8.87. The standard InChI is InChI=1S/C29H36N2O/c1-4-23-14-11-15-24(5-2)29(23)27-18-28(32-3)25(19-30-27)21-31(26-16-9-10-17-26)20-22-12-7-6-8-13-22/h6-8,11-15,18-19,26H,4-5,9-10,16-17,20-21H2,1-3H3. The predicted octanol–water partition coefficient (Wildman–Crippen LogP) is 6.83. The molecule has 3 nitrogen and oxygen atoms in total. The van der Waals surface area contributed by atoms with Crippen molar-refractivity contribution in [2.24, 2.45) is 0 Å². The lowest BCUT2D eigenvalue weighted by atomic mass is 9.94. The molecule has 1 aliphatic rings. The van der Waals surface area contributed by atoms with Crippen LogP contribution in [0.25, 0.3) is 11.3 Å². The van der Waals surface area contributed by atoms with Crippen molar-refractivity contribution >= 4 is 0 Å². The van der Waals surface area contributed by atoms with Gasteiger partial charge in [0.15, 0.2) is 0 Å². The zero-order valence-corrected chi connectivity index (χ0v) is 19.8. The third kappa shape index (κ3) is 5.05. The van der Waals surface area contributed by atoms with Gasteiger partial charge in [-0.05, 0) is 42.4 Å². The molecule has 0 unspecified atom stereocenters. The minimum absolute atomic E-state index is 0.632. The smallest absolute Gasteiger partial charge is 0.127 e. The summed E-state index contributed by atoms with van der Waals surface area (Å²) >= 11 is 0. The lowest BCUT2D eigenvalue weighted by Gasteiger charge is -2.29. The first kappa shape index (κ1) is 22.5. The number of hydrogen-bond acceptors (Lipinski definition) is 3. The van der Waals surface area contributed by atoms with Crippen molar-refractivity contribution in [1.29, 1.82) is 0 Å². The van der Waals surface area contributed by atoms with Crippen molar-refractivity contribution in [3.8, 4) is 17.0 Å². The van der Waals surface area contributed by atoms with E-state index in [-0.39, 0.29) is 0 Å². The zero-order valence-electron chi connectivity index (χ0n) is 19.8. The summed E-state index contributed by atoms with van der Waals surface area (Å²) < 4.78 is 5.90. The molecule has 168 valence electrons. The van der Waals surface area contributed by atoms with E-state index in [9.17, 15) is 0 Å². The molecule has 1 saturated carbocycles. The SMILES string of the molecule is CCc1cccc(CC)c1-c1cc(OC)c(CN(Cc2ccccc2)C2CCCC2)cn1. The Hall–Kier alpha value is -2.65. The van der Waals surface area contributed by atoms with E-state index in [4.69, 9.17) is 9.72 Å². The van der Waals surface area contributed by atoms with E-state index in [0.717, 1.165) is 37.4 Å². The van der Waals surface area contributed by atoms with E-state index >= 15 is 0 Å². The largest absolute Gasteiger partial charge is 0.496 e. The summed E-state index contributed by atoms with van der Waals surface area (Å²) in [4.78, 5) is 7.58. The van der Waals surface area contributed by atoms with Crippen LogP contribution < -0.4 is 4.74 Å². The molecule has 0 N–H and O–H groups in total. The normalized spacial score (nSPS) is 14.2. The monoisotopic (exact) mass is 428 g/mol. The van der Waals surface area contributed by atoms with Crippen molar-refractivity contribution in [2.75, 3.05) is 7.11 Å². The van der Waals surface area contributed by atoms with Crippen LogP contribution in [-0.2, 0) is 25.9 Å². The summed E-state index contributed by atoms with van der Waals surface area (Å²) in [5.41, 5.74) is 7.54. The fourth-order valence-corrected chi connectivity index (χ4v) is 5.10. The van der Waals surface area contributed by atoms with E-state index < -0.39 is 0 Å². The molecule has 4 rings (SSSR count). The molecule has 0 bridgehead atoms. The van der Waals surface area contributed by atoms with Gasteiger partial charge in [0.2, 0.25) is 0 Å². The van der Waals surface area contributed by atoms with Crippen LogP contribution >= 0.6 is 0 Å². The maximum absolute atomic E-state index is 5.90. The predicted molar refractivity (Wildman–Crippen MR) is 133 cm³/mol. The fraction of sp³-hybridized carbons (Fsp3) is 0.414. The number of nitrogens with zero attached hydrogens (tertiary/aromatic N) is 2. The molecule has 1 aliphatic carbocycles. The molecule has 1 aromatic heterocycles. The van der Waals surface area contributed by atoms with Crippen LogP contribution in [0, 0.1) is 0 Å². The van der Waals surface area contributed by atoms with E-state index in [2.05, 4.69) is 73.3 Å². The van der Waals surface area contributed by atoms with Gasteiger partial charge in [-0.25, -0.2) is 0 Å². The van der Waals surface area contributed by atoms with Gasteiger partial charge in [-0.15, -0.1) is 0 Å². The van der Waals surface area contributed by atoms with E-state index in [1.807, 2.05) is 6.20 Å². The number of pyridine rings is 1. The quantitative estimate of drug-likeness (QED) is 0.374. The second kappa shape index (κ2) is 10.8. The number of benzene rings is 2. The van der Waals surface area contributed by atoms with Crippen molar-refractivity contribution in [1.82, 2.24) is 9.88 Å². The molecule has 2 aromatic carbocycles. The lowest BCUT2D eigenvalue weighted by molar-refractivity contribution is 0.178. The maximum Gasteiger partial charge on any atom is 0.127 e. The van der Waals surface area contributed by atoms with Gasteiger partial charge in [0.25, 0.3) is 0 Å².